The van der Waals surface area contributed by atoms with Crippen LogP contribution in [0.1, 0.15) is 26.2 Å². The summed E-state index contributed by atoms with van der Waals surface area (Å²) >= 11 is 0. The molecule has 5 nitrogen and oxygen atoms in total. The molecule has 1 atom stereocenters. The van der Waals surface area contributed by atoms with E-state index >= 15 is 0 Å². The van der Waals surface area contributed by atoms with Gasteiger partial charge < -0.3 is 4.74 Å². The number of hydrogen-bond donors (Lipinski definition) is 1. The number of ether oxygens (including phenoxy) is 1. The maximum Gasteiger partial charge on any atom is 0.246 e. The Hall–Kier alpha value is -0.940. The Kier molecular flexibility index (Phi) is 4.12. The summed E-state index contributed by atoms with van der Waals surface area (Å²) in [7, 11) is 0. The van der Waals surface area contributed by atoms with Crippen molar-refractivity contribution in [2.75, 3.05) is 26.3 Å². The van der Waals surface area contributed by atoms with Crippen LogP contribution < -0.4 is 5.32 Å². The molecule has 5 heteroatoms. The molecule has 0 aromatic rings. The third kappa shape index (κ3) is 2.84. The second kappa shape index (κ2) is 5.60. The summed E-state index contributed by atoms with van der Waals surface area (Å²) in [5, 5.41) is 2.97. The molecule has 2 aliphatic rings. The van der Waals surface area contributed by atoms with E-state index in [1.54, 1.807) is 0 Å². The fraction of sp³-hybridized carbons (Fsp3) is 0.833. The van der Waals surface area contributed by atoms with Gasteiger partial charge in [-0.1, -0.05) is 6.92 Å². The van der Waals surface area contributed by atoms with Crippen molar-refractivity contribution in [3.63, 3.8) is 0 Å². The van der Waals surface area contributed by atoms with E-state index in [4.69, 9.17) is 4.74 Å². The Labute approximate surface area is 101 Å². The van der Waals surface area contributed by atoms with Gasteiger partial charge in [-0.05, 0) is 25.2 Å². The molecule has 1 N–H and O–H groups in total. The summed E-state index contributed by atoms with van der Waals surface area (Å²) in [4.78, 5) is 25.2. The molecule has 0 aromatic heterocycles. The van der Waals surface area contributed by atoms with Gasteiger partial charge in [-0.25, -0.2) is 0 Å². The van der Waals surface area contributed by atoms with E-state index < -0.39 is 0 Å². The molecule has 0 bridgehead atoms. The SMILES string of the molecule is CCC1NCC(=O)N(CC2CCOCC2)C1=O. The molecule has 0 aromatic carbocycles. The molecule has 2 saturated heterocycles. The van der Waals surface area contributed by atoms with E-state index in [9.17, 15) is 9.59 Å². The Bertz CT molecular complexity index is 300. The van der Waals surface area contributed by atoms with Gasteiger partial charge in [-0.15, -0.1) is 0 Å². The fourth-order valence-corrected chi connectivity index (χ4v) is 2.40. The van der Waals surface area contributed by atoms with Crippen LogP contribution >= 0.6 is 0 Å². The average Bonchev–Trinajstić information content (AvgIpc) is 2.36. The summed E-state index contributed by atoms with van der Waals surface area (Å²) < 4.78 is 5.28. The summed E-state index contributed by atoms with van der Waals surface area (Å²) in [6.07, 6.45) is 2.62. The van der Waals surface area contributed by atoms with Gasteiger partial charge in [0.15, 0.2) is 0 Å². The highest BCUT2D eigenvalue weighted by molar-refractivity contribution is 6.01. The molecule has 0 radical (unpaired) electrons. The quantitative estimate of drug-likeness (QED) is 0.713. The number of nitrogens with one attached hydrogen (secondary N) is 1. The summed E-state index contributed by atoms with van der Waals surface area (Å²) in [5.41, 5.74) is 0. The third-order valence-electron chi connectivity index (χ3n) is 3.55. The molecule has 0 aliphatic carbocycles. The topological polar surface area (TPSA) is 58.6 Å². The number of carbonyl (C=O) groups excluding carboxylic acids is 2. The standard InChI is InChI=1S/C12H20N2O3/c1-2-10-12(16)14(11(15)7-13-10)8-9-3-5-17-6-4-9/h9-10,13H,2-8H2,1H3. The van der Waals surface area contributed by atoms with Crippen molar-refractivity contribution in [3.8, 4) is 0 Å². The van der Waals surface area contributed by atoms with E-state index in [0.717, 1.165) is 32.5 Å². The van der Waals surface area contributed by atoms with Crippen molar-refractivity contribution in [1.82, 2.24) is 10.2 Å². The molecule has 17 heavy (non-hydrogen) atoms. The minimum atomic E-state index is -0.187. The van der Waals surface area contributed by atoms with Crippen molar-refractivity contribution >= 4 is 11.8 Å². The average molecular weight is 240 g/mol. The van der Waals surface area contributed by atoms with Crippen LogP contribution in [0.15, 0.2) is 0 Å². The molecule has 2 fully saturated rings. The number of carbonyl (C=O) groups is 2. The van der Waals surface area contributed by atoms with Crippen LogP contribution in [0.4, 0.5) is 0 Å². The molecular weight excluding hydrogens is 220 g/mol. The van der Waals surface area contributed by atoms with Gasteiger partial charge >= 0.3 is 0 Å². The highest BCUT2D eigenvalue weighted by atomic mass is 16.5. The Morgan fingerprint density at radius 3 is 2.71 bits per heavy atom. The van der Waals surface area contributed by atoms with Crippen molar-refractivity contribution in [1.29, 1.82) is 0 Å². The number of hydrogen-bond acceptors (Lipinski definition) is 4. The van der Waals surface area contributed by atoms with Gasteiger partial charge in [-0.2, -0.15) is 0 Å². The van der Waals surface area contributed by atoms with Crippen LogP contribution in [0.2, 0.25) is 0 Å². The zero-order chi connectivity index (χ0) is 12.3. The molecule has 2 heterocycles. The number of amides is 2. The number of imide groups is 1. The van der Waals surface area contributed by atoms with E-state index in [1.165, 1.54) is 4.90 Å². The largest absolute Gasteiger partial charge is 0.381 e. The first-order valence-electron chi connectivity index (χ1n) is 6.37. The van der Waals surface area contributed by atoms with Gasteiger partial charge in [0, 0.05) is 19.8 Å². The molecule has 2 aliphatic heterocycles. The second-order valence-electron chi connectivity index (χ2n) is 4.74. The molecular formula is C12H20N2O3. The number of piperazine rings is 1. The van der Waals surface area contributed by atoms with Crippen molar-refractivity contribution in [3.05, 3.63) is 0 Å². The Morgan fingerprint density at radius 1 is 1.35 bits per heavy atom. The summed E-state index contributed by atoms with van der Waals surface area (Å²) in [5.74, 6) is 0.258. The van der Waals surface area contributed by atoms with Crippen LogP contribution in [0.3, 0.4) is 0 Å². The first-order chi connectivity index (χ1) is 8.22. The Balaban J connectivity index is 1.96. The van der Waals surface area contributed by atoms with Crippen LogP contribution in [0.25, 0.3) is 0 Å². The molecule has 96 valence electrons. The summed E-state index contributed by atoms with van der Waals surface area (Å²) in [6.45, 7) is 4.30. The maximum atomic E-state index is 12.1. The first-order valence-corrected chi connectivity index (χ1v) is 6.37. The molecule has 2 rings (SSSR count). The fourth-order valence-electron chi connectivity index (χ4n) is 2.40. The van der Waals surface area contributed by atoms with Crippen LogP contribution in [0, 0.1) is 5.92 Å². The zero-order valence-corrected chi connectivity index (χ0v) is 10.3. The minimum Gasteiger partial charge on any atom is -0.381 e. The predicted octanol–water partition coefficient (Wildman–Crippen LogP) is 0.150. The van der Waals surface area contributed by atoms with Crippen LogP contribution in [0.5, 0.6) is 0 Å². The normalized spacial score (nSPS) is 27.6. The van der Waals surface area contributed by atoms with E-state index in [-0.39, 0.29) is 24.4 Å². The van der Waals surface area contributed by atoms with E-state index in [0.29, 0.717) is 12.5 Å². The molecule has 0 spiro atoms. The first kappa shape index (κ1) is 12.5. The second-order valence-corrected chi connectivity index (χ2v) is 4.74. The Morgan fingerprint density at radius 2 is 2.06 bits per heavy atom. The van der Waals surface area contributed by atoms with Crippen LogP contribution in [-0.4, -0.2) is 49.1 Å². The predicted molar refractivity (Wildman–Crippen MR) is 62.3 cm³/mol. The lowest BCUT2D eigenvalue weighted by atomic mass is 9.98. The number of nitrogens with zero attached hydrogens (tertiary/aromatic N) is 1. The molecule has 1 unspecified atom stereocenters. The van der Waals surface area contributed by atoms with Crippen molar-refractivity contribution < 1.29 is 14.3 Å². The third-order valence-corrected chi connectivity index (χ3v) is 3.55. The lowest BCUT2D eigenvalue weighted by Gasteiger charge is -2.34. The maximum absolute atomic E-state index is 12.1. The van der Waals surface area contributed by atoms with Crippen molar-refractivity contribution in [2.24, 2.45) is 5.92 Å². The highest BCUT2D eigenvalue weighted by Crippen LogP contribution is 2.18. The smallest absolute Gasteiger partial charge is 0.246 e. The monoisotopic (exact) mass is 240 g/mol. The van der Waals surface area contributed by atoms with Crippen molar-refractivity contribution in [2.45, 2.75) is 32.2 Å². The number of rotatable bonds is 3. The van der Waals surface area contributed by atoms with Gasteiger partial charge in [0.1, 0.15) is 0 Å². The highest BCUT2D eigenvalue weighted by Gasteiger charge is 2.34. The molecule has 2 amide bonds. The van der Waals surface area contributed by atoms with E-state index in [2.05, 4.69) is 5.32 Å². The van der Waals surface area contributed by atoms with Gasteiger partial charge in [0.05, 0.1) is 12.6 Å². The lowest BCUT2D eigenvalue weighted by molar-refractivity contribution is -0.150. The zero-order valence-electron chi connectivity index (χ0n) is 10.3. The molecule has 0 saturated carbocycles. The lowest BCUT2D eigenvalue weighted by Crippen LogP contribution is -2.58. The van der Waals surface area contributed by atoms with E-state index in [1.807, 2.05) is 6.92 Å². The van der Waals surface area contributed by atoms with Gasteiger partial charge in [0.25, 0.3) is 0 Å². The van der Waals surface area contributed by atoms with Gasteiger partial charge in [0.2, 0.25) is 11.8 Å². The van der Waals surface area contributed by atoms with Gasteiger partial charge in [-0.3, -0.25) is 19.8 Å². The summed E-state index contributed by atoms with van der Waals surface area (Å²) in [6, 6.07) is -0.187. The minimum absolute atomic E-state index is 0.0600. The van der Waals surface area contributed by atoms with Crippen LogP contribution in [-0.2, 0) is 14.3 Å².